The Morgan fingerprint density at radius 2 is 2.07 bits per heavy atom. The molecule has 0 heterocycles. The van der Waals surface area contributed by atoms with Crippen LogP contribution in [-0.2, 0) is 0 Å². The number of rotatable bonds is 2. The first kappa shape index (κ1) is 11.3. The van der Waals surface area contributed by atoms with E-state index in [1.807, 2.05) is 0 Å². The summed E-state index contributed by atoms with van der Waals surface area (Å²) in [5, 5.41) is 4.19. The molecule has 2 heteroatoms. The van der Waals surface area contributed by atoms with Gasteiger partial charge in [0.2, 0.25) is 0 Å². The molecule has 0 unspecified atom stereocenters. The summed E-state index contributed by atoms with van der Waals surface area (Å²) in [5.41, 5.74) is 3.99. The van der Waals surface area contributed by atoms with Gasteiger partial charge in [0.15, 0.2) is 0 Å². The zero-order valence-corrected chi connectivity index (χ0v) is 9.43. The molecule has 0 amide bonds. The third kappa shape index (κ3) is 2.89. The quantitative estimate of drug-likeness (QED) is 0.716. The van der Waals surface area contributed by atoms with Crippen molar-refractivity contribution >= 4 is 18.4 Å². The van der Waals surface area contributed by atoms with Crippen molar-refractivity contribution in [2.75, 3.05) is 0 Å². The van der Waals surface area contributed by atoms with Crippen LogP contribution in [0, 0.1) is 12.8 Å². The number of nitrogens with two attached hydrogens (primary N) is 1. The number of thiol groups is 1. The van der Waals surface area contributed by atoms with E-state index in [9.17, 15) is 0 Å². The highest BCUT2D eigenvalue weighted by atomic mass is 32.1. The molecule has 1 aliphatic rings. The van der Waals surface area contributed by atoms with Crippen LogP contribution in [0.3, 0.4) is 0 Å². The van der Waals surface area contributed by atoms with Crippen LogP contribution in [0.2, 0.25) is 0 Å². The second kappa shape index (κ2) is 5.23. The lowest BCUT2D eigenvalue weighted by Crippen LogP contribution is -1.84. The molecule has 1 fully saturated rings. The van der Waals surface area contributed by atoms with Gasteiger partial charge in [-0.2, -0.15) is 0 Å². The van der Waals surface area contributed by atoms with Crippen molar-refractivity contribution in [1.82, 2.24) is 0 Å². The number of allylic oxidation sites excluding steroid dienone is 1. The normalized spacial score (nSPS) is 14.2. The Balaban J connectivity index is 0.000000461. The van der Waals surface area contributed by atoms with Gasteiger partial charge < -0.3 is 0 Å². The summed E-state index contributed by atoms with van der Waals surface area (Å²) in [6, 6.07) is 8.62. The second-order valence-electron chi connectivity index (χ2n) is 3.67. The average Bonchev–Trinajstić information content (AvgIpc) is 3.03. The standard InChI is InChI=1S/C12H14.H3NS/c1-9-4-3-5-12(8-9)10(2)11-6-7-11;1-2/h3-5,8,11H,2,6-7H2,1H3;2H,1H2. The lowest BCUT2D eigenvalue weighted by Gasteiger charge is -2.03. The molecule has 2 rings (SSSR count). The largest absolute Gasteiger partial charge is 0.281 e. The molecule has 0 aliphatic heterocycles. The van der Waals surface area contributed by atoms with Crippen LogP contribution in [0.25, 0.3) is 5.57 Å². The van der Waals surface area contributed by atoms with E-state index in [2.05, 4.69) is 55.7 Å². The van der Waals surface area contributed by atoms with Crippen LogP contribution in [0.1, 0.15) is 24.0 Å². The third-order valence-electron chi connectivity index (χ3n) is 2.46. The topological polar surface area (TPSA) is 26.0 Å². The molecule has 1 aromatic carbocycles. The zero-order valence-electron chi connectivity index (χ0n) is 8.53. The highest BCUT2D eigenvalue weighted by Crippen LogP contribution is 2.40. The molecule has 1 aliphatic carbocycles. The maximum atomic E-state index is 4.19. The monoisotopic (exact) mass is 207 g/mol. The van der Waals surface area contributed by atoms with Gasteiger partial charge in [0.25, 0.3) is 0 Å². The summed E-state index contributed by atoms with van der Waals surface area (Å²) in [6.45, 7) is 6.26. The Morgan fingerprint density at radius 3 is 2.57 bits per heavy atom. The fourth-order valence-electron chi connectivity index (χ4n) is 1.51. The number of hydrogen-bond acceptors (Lipinski definition) is 2. The highest BCUT2D eigenvalue weighted by molar-refractivity contribution is 7.77. The van der Waals surface area contributed by atoms with Crippen LogP contribution in [-0.4, -0.2) is 0 Å². The van der Waals surface area contributed by atoms with Crippen LogP contribution < -0.4 is 5.14 Å². The fraction of sp³-hybridized carbons (Fsp3) is 0.333. The van der Waals surface area contributed by atoms with Gasteiger partial charge in [-0.15, -0.1) is 12.8 Å². The minimum Gasteiger partial charge on any atom is -0.281 e. The maximum Gasteiger partial charge on any atom is -0.0161 e. The number of aryl methyl sites for hydroxylation is 1. The van der Waals surface area contributed by atoms with Gasteiger partial charge in [-0.25, -0.2) is 0 Å². The Bertz CT molecular complexity index is 316. The zero-order chi connectivity index (χ0) is 10.6. The van der Waals surface area contributed by atoms with Crippen LogP contribution in [0.4, 0.5) is 0 Å². The Kier molecular flexibility index (Phi) is 4.23. The van der Waals surface area contributed by atoms with Crippen molar-refractivity contribution < 1.29 is 0 Å². The van der Waals surface area contributed by atoms with E-state index in [0.29, 0.717) is 0 Å². The lowest BCUT2D eigenvalue weighted by molar-refractivity contribution is 1.15. The van der Waals surface area contributed by atoms with Gasteiger partial charge in [-0.1, -0.05) is 36.4 Å². The highest BCUT2D eigenvalue weighted by Gasteiger charge is 2.25. The summed E-state index contributed by atoms with van der Waals surface area (Å²) in [4.78, 5) is 0. The molecule has 0 atom stereocenters. The van der Waals surface area contributed by atoms with E-state index in [0.717, 1.165) is 5.92 Å². The van der Waals surface area contributed by atoms with E-state index < -0.39 is 0 Å². The van der Waals surface area contributed by atoms with Gasteiger partial charge in [-0.05, 0) is 36.8 Å². The van der Waals surface area contributed by atoms with Crippen molar-refractivity contribution in [2.24, 2.45) is 11.1 Å². The molecule has 1 saturated carbocycles. The minimum atomic E-state index is 0.784. The predicted molar refractivity (Wildman–Crippen MR) is 66.1 cm³/mol. The Morgan fingerprint density at radius 1 is 1.43 bits per heavy atom. The first-order valence-corrected chi connectivity index (χ1v) is 5.30. The van der Waals surface area contributed by atoms with Gasteiger partial charge in [0.1, 0.15) is 0 Å². The van der Waals surface area contributed by atoms with Crippen molar-refractivity contribution in [1.29, 1.82) is 0 Å². The Labute approximate surface area is 91.6 Å². The average molecular weight is 207 g/mol. The van der Waals surface area contributed by atoms with Gasteiger partial charge in [0.05, 0.1) is 0 Å². The lowest BCUT2D eigenvalue weighted by atomic mass is 10.0. The predicted octanol–water partition coefficient (Wildman–Crippen LogP) is 3.21. The molecule has 0 saturated heterocycles. The molecular weight excluding hydrogens is 190 g/mol. The molecular formula is C12H17NS. The summed E-state index contributed by atoms with van der Waals surface area (Å²) >= 11 is 3.03. The van der Waals surface area contributed by atoms with Gasteiger partial charge >= 0.3 is 0 Å². The summed E-state index contributed by atoms with van der Waals surface area (Å²) in [7, 11) is 0. The molecule has 14 heavy (non-hydrogen) atoms. The molecule has 2 N–H and O–H groups in total. The van der Waals surface area contributed by atoms with E-state index in [-0.39, 0.29) is 0 Å². The third-order valence-corrected chi connectivity index (χ3v) is 2.46. The maximum absolute atomic E-state index is 4.19. The fourth-order valence-corrected chi connectivity index (χ4v) is 1.51. The van der Waals surface area contributed by atoms with E-state index in [1.165, 1.54) is 29.5 Å². The van der Waals surface area contributed by atoms with Gasteiger partial charge in [-0.3, -0.25) is 5.14 Å². The first-order valence-electron chi connectivity index (χ1n) is 4.79. The molecule has 0 radical (unpaired) electrons. The summed E-state index contributed by atoms with van der Waals surface area (Å²) in [6.07, 6.45) is 2.68. The van der Waals surface area contributed by atoms with Crippen LogP contribution in [0.15, 0.2) is 30.8 Å². The van der Waals surface area contributed by atoms with Crippen LogP contribution >= 0.6 is 12.8 Å². The summed E-state index contributed by atoms with van der Waals surface area (Å²) in [5.74, 6) is 0.784. The smallest absolute Gasteiger partial charge is 0.0161 e. The van der Waals surface area contributed by atoms with Gasteiger partial charge in [0, 0.05) is 0 Å². The van der Waals surface area contributed by atoms with Crippen LogP contribution in [0.5, 0.6) is 0 Å². The number of benzene rings is 1. The summed E-state index contributed by atoms with van der Waals surface area (Å²) < 4.78 is 0. The van der Waals surface area contributed by atoms with Crippen molar-refractivity contribution in [2.45, 2.75) is 19.8 Å². The second-order valence-corrected chi connectivity index (χ2v) is 3.67. The van der Waals surface area contributed by atoms with E-state index in [4.69, 9.17) is 0 Å². The van der Waals surface area contributed by atoms with Crippen molar-refractivity contribution in [3.8, 4) is 0 Å². The van der Waals surface area contributed by atoms with E-state index >= 15 is 0 Å². The first-order chi connectivity index (χ1) is 6.77. The van der Waals surface area contributed by atoms with Crippen molar-refractivity contribution in [3.05, 3.63) is 42.0 Å². The van der Waals surface area contributed by atoms with Crippen molar-refractivity contribution in [3.63, 3.8) is 0 Å². The molecule has 0 spiro atoms. The molecule has 1 aromatic rings. The molecule has 0 aromatic heterocycles. The minimum absolute atomic E-state index is 0.784. The molecule has 76 valence electrons. The molecule has 1 nitrogen and oxygen atoms in total. The SMILES string of the molecule is C=C(c1cccc(C)c1)C1CC1.NS. The Hall–Kier alpha value is -0.730. The molecule has 0 bridgehead atoms. The van der Waals surface area contributed by atoms with E-state index in [1.54, 1.807) is 0 Å². The number of hydrogen-bond donors (Lipinski definition) is 2.